The third-order valence-corrected chi connectivity index (χ3v) is 2.95. The summed E-state index contributed by atoms with van der Waals surface area (Å²) in [5, 5.41) is 18.4. The van der Waals surface area contributed by atoms with Crippen LogP contribution < -0.4 is 4.90 Å². The van der Waals surface area contributed by atoms with Crippen molar-refractivity contribution < 1.29 is 15.0 Å². The zero-order valence-corrected chi connectivity index (χ0v) is 11.0. The summed E-state index contributed by atoms with van der Waals surface area (Å²) < 4.78 is 0. The average molecular weight is 251 g/mol. The molecule has 4 heteroatoms. The van der Waals surface area contributed by atoms with Gasteiger partial charge in [0.2, 0.25) is 0 Å². The second-order valence-corrected chi connectivity index (χ2v) is 4.46. The fourth-order valence-electron chi connectivity index (χ4n) is 1.82. The first-order valence-electron chi connectivity index (χ1n) is 6.22. The van der Waals surface area contributed by atoms with Crippen molar-refractivity contribution in [3.8, 4) is 5.75 Å². The molecule has 0 saturated carbocycles. The van der Waals surface area contributed by atoms with Gasteiger partial charge in [0.1, 0.15) is 5.75 Å². The van der Waals surface area contributed by atoms with Gasteiger partial charge in [0.25, 0.3) is 0 Å². The van der Waals surface area contributed by atoms with E-state index in [4.69, 9.17) is 5.11 Å². The van der Waals surface area contributed by atoms with Gasteiger partial charge in [-0.1, -0.05) is 0 Å². The molecule has 0 aliphatic heterocycles. The lowest BCUT2D eigenvalue weighted by Crippen LogP contribution is -2.18. The van der Waals surface area contributed by atoms with Crippen molar-refractivity contribution >= 4 is 11.5 Å². The van der Waals surface area contributed by atoms with Gasteiger partial charge in [-0.05, 0) is 38.3 Å². The Balaban J connectivity index is 2.61. The Hall–Kier alpha value is -1.55. The number of rotatable bonds is 7. The average Bonchev–Trinajstić information content (AvgIpc) is 2.33. The van der Waals surface area contributed by atoms with Crippen LogP contribution in [0.1, 0.15) is 36.5 Å². The molecular weight excluding hydrogens is 230 g/mol. The minimum atomic E-state index is -0.135. The van der Waals surface area contributed by atoms with Gasteiger partial charge in [0.05, 0.1) is 5.56 Å². The number of carbonyl (C=O) groups is 1. The summed E-state index contributed by atoms with van der Waals surface area (Å²) in [6, 6.07) is 5.10. The third-order valence-electron chi connectivity index (χ3n) is 2.95. The molecule has 2 N–H and O–H groups in total. The molecule has 0 bridgehead atoms. The predicted molar refractivity (Wildman–Crippen MR) is 72.3 cm³/mol. The number of aliphatic hydroxyl groups is 1. The van der Waals surface area contributed by atoms with Gasteiger partial charge in [0.15, 0.2) is 5.78 Å². The lowest BCUT2D eigenvalue weighted by Gasteiger charge is -2.19. The van der Waals surface area contributed by atoms with E-state index < -0.39 is 0 Å². The van der Waals surface area contributed by atoms with Gasteiger partial charge in [-0.25, -0.2) is 0 Å². The highest BCUT2D eigenvalue weighted by Gasteiger charge is 2.08. The summed E-state index contributed by atoms with van der Waals surface area (Å²) in [7, 11) is 1.95. The van der Waals surface area contributed by atoms with E-state index in [1.807, 2.05) is 18.0 Å². The maximum Gasteiger partial charge on any atom is 0.163 e. The number of phenolic OH excluding ortho intramolecular Hbond substituents is 1. The lowest BCUT2D eigenvalue weighted by atomic mass is 10.1. The molecule has 0 heterocycles. The summed E-state index contributed by atoms with van der Waals surface area (Å²) in [6.07, 6.45) is 2.80. The fourth-order valence-corrected chi connectivity index (χ4v) is 1.82. The smallest absolute Gasteiger partial charge is 0.163 e. The van der Waals surface area contributed by atoms with E-state index in [0.717, 1.165) is 31.5 Å². The number of ketones is 1. The topological polar surface area (TPSA) is 60.8 Å². The maximum absolute atomic E-state index is 11.2. The van der Waals surface area contributed by atoms with Crippen LogP contribution in [0.5, 0.6) is 5.75 Å². The number of carbonyl (C=O) groups excluding carboxylic acids is 1. The van der Waals surface area contributed by atoms with Crippen LogP contribution in [0.2, 0.25) is 0 Å². The number of hydrogen-bond acceptors (Lipinski definition) is 4. The van der Waals surface area contributed by atoms with E-state index in [-0.39, 0.29) is 18.1 Å². The summed E-state index contributed by atoms with van der Waals surface area (Å²) in [6.45, 7) is 2.53. The molecule has 0 spiro atoms. The summed E-state index contributed by atoms with van der Waals surface area (Å²) in [5.74, 6) is -0.105. The van der Waals surface area contributed by atoms with Gasteiger partial charge in [-0.15, -0.1) is 0 Å². The number of unbranched alkanes of at least 4 members (excludes halogenated alkanes) is 2. The lowest BCUT2D eigenvalue weighted by molar-refractivity contribution is 0.101. The van der Waals surface area contributed by atoms with Gasteiger partial charge < -0.3 is 15.1 Å². The number of hydrogen-bond donors (Lipinski definition) is 2. The molecule has 0 atom stereocenters. The monoisotopic (exact) mass is 251 g/mol. The van der Waals surface area contributed by atoms with Crippen molar-refractivity contribution in [3.63, 3.8) is 0 Å². The van der Waals surface area contributed by atoms with Crippen molar-refractivity contribution in [2.24, 2.45) is 0 Å². The summed E-state index contributed by atoms with van der Waals surface area (Å²) in [4.78, 5) is 13.2. The molecule has 18 heavy (non-hydrogen) atoms. The number of nitrogens with zero attached hydrogens (tertiary/aromatic N) is 1. The van der Waals surface area contributed by atoms with Crippen molar-refractivity contribution in [2.45, 2.75) is 26.2 Å². The van der Waals surface area contributed by atoms with Crippen LogP contribution in [0.15, 0.2) is 18.2 Å². The largest absolute Gasteiger partial charge is 0.507 e. The van der Waals surface area contributed by atoms with Crippen LogP contribution in [0.4, 0.5) is 5.69 Å². The van der Waals surface area contributed by atoms with E-state index in [9.17, 15) is 9.90 Å². The number of anilines is 1. The first-order chi connectivity index (χ1) is 8.56. The standard InChI is InChI=1S/C14H21NO3/c1-11(17)13-7-6-12(10-14(13)18)15(2)8-4-3-5-9-16/h6-7,10,16,18H,3-5,8-9H2,1-2H3. The van der Waals surface area contributed by atoms with Crippen molar-refractivity contribution in [3.05, 3.63) is 23.8 Å². The first kappa shape index (κ1) is 14.5. The molecule has 0 amide bonds. The van der Waals surface area contributed by atoms with Crippen molar-refractivity contribution in [2.75, 3.05) is 25.1 Å². The SMILES string of the molecule is CC(=O)c1ccc(N(C)CCCCCO)cc1O. The van der Waals surface area contributed by atoms with E-state index in [0.29, 0.717) is 5.56 Å². The second-order valence-electron chi connectivity index (χ2n) is 4.46. The Morgan fingerprint density at radius 3 is 2.56 bits per heavy atom. The summed E-state index contributed by atoms with van der Waals surface area (Å²) in [5.41, 5.74) is 1.24. The third kappa shape index (κ3) is 4.04. The zero-order chi connectivity index (χ0) is 13.5. The molecule has 0 aromatic heterocycles. The molecule has 100 valence electrons. The molecule has 1 aromatic rings. The van der Waals surface area contributed by atoms with Crippen LogP contribution in [0, 0.1) is 0 Å². The minimum Gasteiger partial charge on any atom is -0.507 e. The predicted octanol–water partition coefficient (Wildman–Crippen LogP) is 2.19. The Morgan fingerprint density at radius 1 is 1.28 bits per heavy atom. The molecule has 0 saturated heterocycles. The van der Waals surface area contributed by atoms with Gasteiger partial charge >= 0.3 is 0 Å². The molecule has 1 aromatic carbocycles. The maximum atomic E-state index is 11.2. The number of Topliss-reactive ketones (excluding diaryl/α,β-unsaturated/α-hetero) is 1. The minimum absolute atomic E-state index is 0.0298. The summed E-state index contributed by atoms with van der Waals surface area (Å²) >= 11 is 0. The van der Waals surface area contributed by atoms with E-state index in [2.05, 4.69) is 0 Å². The first-order valence-corrected chi connectivity index (χ1v) is 6.22. The van der Waals surface area contributed by atoms with Crippen LogP contribution in [-0.4, -0.2) is 36.2 Å². The Kier molecular flexibility index (Phi) is 5.65. The highest BCUT2D eigenvalue weighted by molar-refractivity contribution is 5.97. The Morgan fingerprint density at radius 2 is 2.00 bits per heavy atom. The van der Waals surface area contributed by atoms with Crippen LogP contribution in [-0.2, 0) is 0 Å². The number of aliphatic hydroxyl groups excluding tert-OH is 1. The Bertz CT molecular complexity index is 404. The van der Waals surface area contributed by atoms with E-state index >= 15 is 0 Å². The Labute approximate surface area is 108 Å². The molecule has 4 nitrogen and oxygen atoms in total. The van der Waals surface area contributed by atoms with Crippen LogP contribution in [0.3, 0.4) is 0 Å². The highest BCUT2D eigenvalue weighted by Crippen LogP contribution is 2.24. The number of aromatic hydroxyl groups is 1. The number of benzene rings is 1. The van der Waals surface area contributed by atoms with Gasteiger partial charge in [-0.2, -0.15) is 0 Å². The highest BCUT2D eigenvalue weighted by atomic mass is 16.3. The molecule has 0 aliphatic carbocycles. The molecule has 0 aliphatic rings. The second kappa shape index (κ2) is 7.01. The van der Waals surface area contributed by atoms with E-state index in [1.165, 1.54) is 6.92 Å². The van der Waals surface area contributed by atoms with Crippen LogP contribution >= 0.6 is 0 Å². The van der Waals surface area contributed by atoms with Gasteiger partial charge in [0, 0.05) is 32.0 Å². The molecule has 1 rings (SSSR count). The fraction of sp³-hybridized carbons (Fsp3) is 0.500. The molecule has 0 unspecified atom stereocenters. The van der Waals surface area contributed by atoms with Crippen LogP contribution in [0.25, 0.3) is 0 Å². The van der Waals surface area contributed by atoms with Crippen molar-refractivity contribution in [1.82, 2.24) is 0 Å². The van der Waals surface area contributed by atoms with Gasteiger partial charge in [-0.3, -0.25) is 4.79 Å². The van der Waals surface area contributed by atoms with E-state index in [1.54, 1.807) is 12.1 Å². The zero-order valence-electron chi connectivity index (χ0n) is 11.0. The molecule has 0 radical (unpaired) electrons. The quantitative estimate of drug-likeness (QED) is 0.576. The normalized spacial score (nSPS) is 10.4. The molecule has 0 fully saturated rings. The van der Waals surface area contributed by atoms with Crippen molar-refractivity contribution in [1.29, 1.82) is 0 Å². The number of phenols is 1. The molecular formula is C14H21NO3.